The van der Waals surface area contributed by atoms with E-state index in [0.717, 1.165) is 57.3 Å². The van der Waals surface area contributed by atoms with E-state index in [-0.39, 0.29) is 11.8 Å². The van der Waals surface area contributed by atoms with Crippen molar-refractivity contribution in [2.75, 3.05) is 13.1 Å². The lowest BCUT2D eigenvalue weighted by molar-refractivity contribution is -0.245. The van der Waals surface area contributed by atoms with E-state index in [1.165, 1.54) is 5.56 Å². The first-order valence-corrected chi connectivity index (χ1v) is 10.4. The number of carbonyl (C=O) groups is 1. The number of nitrogens with zero attached hydrogens (tertiary/aromatic N) is 1. The first-order chi connectivity index (χ1) is 13.7. The molecular weight excluding hydrogens is 350 g/mol. The van der Waals surface area contributed by atoms with Crippen LogP contribution in [0.2, 0.25) is 0 Å². The van der Waals surface area contributed by atoms with Gasteiger partial charge in [-0.25, -0.2) is 4.79 Å². The van der Waals surface area contributed by atoms with Gasteiger partial charge < -0.3 is 0 Å². The van der Waals surface area contributed by atoms with Crippen LogP contribution in [-0.4, -0.2) is 29.2 Å². The molecule has 2 fully saturated rings. The molecule has 1 unspecified atom stereocenters. The molecule has 2 aromatic carbocycles. The quantitative estimate of drug-likeness (QED) is 0.586. The van der Waals surface area contributed by atoms with Gasteiger partial charge in [0.25, 0.3) is 0 Å². The van der Waals surface area contributed by atoms with Gasteiger partial charge in [-0.3, -0.25) is 9.79 Å². The standard InChI is InChI=1S/C24H29NO3/c26-23(28-27)24(21-13-7-8-14-21,20-11-5-2-6-12-20)22-15-16-25(18-22)17-19-9-3-1-4-10-19/h1-6,9-12,21-22,27H,7-8,13-18H2/t22-,24?/m1/s1. The van der Waals surface area contributed by atoms with Crippen LogP contribution in [0.5, 0.6) is 0 Å². The fraction of sp³-hybridized carbons (Fsp3) is 0.458. The molecule has 1 saturated heterocycles. The summed E-state index contributed by atoms with van der Waals surface area (Å²) in [6.07, 6.45) is 5.24. The smallest absolute Gasteiger partial charge is 0.300 e. The summed E-state index contributed by atoms with van der Waals surface area (Å²) < 4.78 is 0. The van der Waals surface area contributed by atoms with Crippen LogP contribution in [0.15, 0.2) is 60.7 Å². The average Bonchev–Trinajstić information content (AvgIpc) is 3.43. The summed E-state index contributed by atoms with van der Waals surface area (Å²) in [5, 5.41) is 9.49. The fourth-order valence-corrected chi connectivity index (χ4v) is 5.62. The largest absolute Gasteiger partial charge is 0.353 e. The zero-order chi connectivity index (χ0) is 19.4. The third-order valence-electron chi connectivity index (χ3n) is 6.84. The highest BCUT2D eigenvalue weighted by Crippen LogP contribution is 2.50. The van der Waals surface area contributed by atoms with Crippen LogP contribution >= 0.6 is 0 Å². The van der Waals surface area contributed by atoms with Crippen molar-refractivity contribution < 1.29 is 14.9 Å². The van der Waals surface area contributed by atoms with Gasteiger partial charge >= 0.3 is 5.97 Å². The predicted octanol–water partition coefficient (Wildman–Crippen LogP) is 4.65. The molecule has 28 heavy (non-hydrogen) atoms. The van der Waals surface area contributed by atoms with Crippen molar-refractivity contribution in [3.05, 3.63) is 71.8 Å². The third kappa shape index (κ3) is 3.47. The second-order valence-electron chi connectivity index (χ2n) is 8.30. The molecule has 1 aliphatic carbocycles. The highest BCUT2D eigenvalue weighted by Gasteiger charge is 2.56. The summed E-state index contributed by atoms with van der Waals surface area (Å²) in [6, 6.07) is 20.5. The van der Waals surface area contributed by atoms with Crippen molar-refractivity contribution in [2.45, 2.75) is 44.1 Å². The maximum atomic E-state index is 13.2. The van der Waals surface area contributed by atoms with Crippen LogP contribution in [0.3, 0.4) is 0 Å². The van der Waals surface area contributed by atoms with Crippen molar-refractivity contribution in [1.29, 1.82) is 0 Å². The molecule has 0 amide bonds. The molecule has 4 nitrogen and oxygen atoms in total. The van der Waals surface area contributed by atoms with Crippen molar-refractivity contribution >= 4 is 5.97 Å². The van der Waals surface area contributed by atoms with Gasteiger partial charge in [-0.15, -0.1) is 0 Å². The molecule has 2 aliphatic rings. The van der Waals surface area contributed by atoms with Crippen molar-refractivity contribution in [2.24, 2.45) is 11.8 Å². The third-order valence-corrected chi connectivity index (χ3v) is 6.84. The maximum Gasteiger partial charge on any atom is 0.353 e. The molecule has 1 aliphatic heterocycles. The monoisotopic (exact) mass is 379 g/mol. The summed E-state index contributed by atoms with van der Waals surface area (Å²) in [7, 11) is 0. The molecule has 1 heterocycles. The van der Waals surface area contributed by atoms with Crippen LogP contribution in [0.1, 0.15) is 43.2 Å². The molecule has 148 valence electrons. The molecule has 0 spiro atoms. The molecule has 1 saturated carbocycles. The minimum absolute atomic E-state index is 0.140. The molecule has 2 aromatic rings. The van der Waals surface area contributed by atoms with Gasteiger partial charge in [-0.2, -0.15) is 5.26 Å². The number of likely N-dealkylation sites (tertiary alicyclic amines) is 1. The van der Waals surface area contributed by atoms with Gasteiger partial charge in [0.05, 0.1) is 0 Å². The predicted molar refractivity (Wildman–Crippen MR) is 109 cm³/mol. The first kappa shape index (κ1) is 19.2. The highest BCUT2D eigenvalue weighted by molar-refractivity contribution is 5.84. The van der Waals surface area contributed by atoms with Crippen LogP contribution in [0.4, 0.5) is 0 Å². The maximum absolute atomic E-state index is 13.2. The summed E-state index contributed by atoms with van der Waals surface area (Å²) in [5.41, 5.74) is 1.52. The summed E-state index contributed by atoms with van der Waals surface area (Å²) in [5.74, 6) is -0.116. The Hall–Kier alpha value is -2.17. The van der Waals surface area contributed by atoms with E-state index in [4.69, 9.17) is 0 Å². The van der Waals surface area contributed by atoms with Gasteiger partial charge in [0.2, 0.25) is 0 Å². The molecule has 0 aromatic heterocycles. The van der Waals surface area contributed by atoms with E-state index in [2.05, 4.69) is 34.1 Å². The summed E-state index contributed by atoms with van der Waals surface area (Å²) >= 11 is 0. The second kappa shape index (κ2) is 8.46. The molecule has 0 radical (unpaired) electrons. The van der Waals surface area contributed by atoms with E-state index in [1.54, 1.807) is 0 Å². The number of carbonyl (C=O) groups excluding carboxylic acids is 1. The minimum Gasteiger partial charge on any atom is -0.300 e. The zero-order valence-electron chi connectivity index (χ0n) is 16.3. The topological polar surface area (TPSA) is 49.8 Å². The Kier molecular flexibility index (Phi) is 5.79. The van der Waals surface area contributed by atoms with Crippen LogP contribution in [0.25, 0.3) is 0 Å². The molecular formula is C24H29NO3. The molecule has 0 bridgehead atoms. The number of benzene rings is 2. The van der Waals surface area contributed by atoms with Crippen molar-refractivity contribution in [3.63, 3.8) is 0 Å². The Morgan fingerprint density at radius 2 is 1.61 bits per heavy atom. The number of hydrogen-bond acceptors (Lipinski definition) is 4. The lowest BCUT2D eigenvalue weighted by Gasteiger charge is -2.41. The van der Waals surface area contributed by atoms with Gasteiger partial charge in [-0.05, 0) is 48.8 Å². The Bertz CT molecular complexity index is 773. The van der Waals surface area contributed by atoms with Crippen LogP contribution in [0, 0.1) is 11.8 Å². The molecule has 4 rings (SSSR count). The number of hydrogen-bond donors (Lipinski definition) is 1. The zero-order valence-corrected chi connectivity index (χ0v) is 16.3. The summed E-state index contributed by atoms with van der Waals surface area (Å²) in [4.78, 5) is 20.1. The number of rotatable bonds is 6. The Morgan fingerprint density at radius 1 is 0.964 bits per heavy atom. The molecule has 1 N–H and O–H groups in total. The van der Waals surface area contributed by atoms with E-state index in [0.29, 0.717) is 0 Å². The average molecular weight is 380 g/mol. The van der Waals surface area contributed by atoms with E-state index in [1.807, 2.05) is 36.4 Å². The SMILES string of the molecule is O=C(OO)C(c1ccccc1)(C1CCCC1)[C@@H]1CCN(Cc2ccccc2)C1. The molecule has 4 heteroatoms. The lowest BCUT2D eigenvalue weighted by atomic mass is 9.61. The highest BCUT2D eigenvalue weighted by atomic mass is 17.1. The Balaban J connectivity index is 1.66. The van der Waals surface area contributed by atoms with E-state index >= 15 is 0 Å². The van der Waals surface area contributed by atoms with Gasteiger partial charge in [0.1, 0.15) is 5.41 Å². The molecule has 2 atom stereocenters. The van der Waals surface area contributed by atoms with Gasteiger partial charge in [-0.1, -0.05) is 73.5 Å². The van der Waals surface area contributed by atoms with E-state index < -0.39 is 11.4 Å². The Morgan fingerprint density at radius 3 is 2.25 bits per heavy atom. The lowest BCUT2D eigenvalue weighted by Crippen LogP contribution is -2.50. The van der Waals surface area contributed by atoms with Crippen LogP contribution < -0.4 is 0 Å². The van der Waals surface area contributed by atoms with Gasteiger partial charge in [0, 0.05) is 13.1 Å². The minimum atomic E-state index is -0.766. The van der Waals surface area contributed by atoms with E-state index in [9.17, 15) is 10.1 Å². The first-order valence-electron chi connectivity index (χ1n) is 10.4. The fourth-order valence-electron chi connectivity index (χ4n) is 5.62. The van der Waals surface area contributed by atoms with Crippen molar-refractivity contribution in [1.82, 2.24) is 4.90 Å². The normalized spacial score (nSPS) is 22.8. The Labute approximate surface area is 167 Å². The summed E-state index contributed by atoms with van der Waals surface area (Å²) in [6.45, 7) is 2.69. The van der Waals surface area contributed by atoms with Gasteiger partial charge in [0.15, 0.2) is 0 Å². The van der Waals surface area contributed by atoms with Crippen LogP contribution in [-0.2, 0) is 21.6 Å². The van der Waals surface area contributed by atoms with Crippen molar-refractivity contribution in [3.8, 4) is 0 Å². The second-order valence-corrected chi connectivity index (χ2v) is 8.30.